The summed E-state index contributed by atoms with van der Waals surface area (Å²) in [6.07, 6.45) is 1.92. The van der Waals surface area contributed by atoms with Gasteiger partial charge in [-0.3, -0.25) is 14.5 Å². The number of nitrogens with zero attached hydrogens (tertiary/aromatic N) is 1. The van der Waals surface area contributed by atoms with E-state index in [1.807, 2.05) is 6.07 Å². The zero-order valence-electron chi connectivity index (χ0n) is 17.6. The molecule has 2 unspecified atom stereocenters. The van der Waals surface area contributed by atoms with Crippen molar-refractivity contribution in [2.24, 2.45) is 0 Å². The Morgan fingerprint density at radius 3 is 2.78 bits per heavy atom. The topological polar surface area (TPSA) is 97.0 Å². The highest BCUT2D eigenvalue weighted by Crippen LogP contribution is 2.30. The molecule has 2 N–H and O–H groups in total. The van der Waals surface area contributed by atoms with Crippen molar-refractivity contribution in [2.75, 3.05) is 25.1 Å². The van der Waals surface area contributed by atoms with Crippen LogP contribution in [0.5, 0.6) is 5.75 Å². The van der Waals surface area contributed by atoms with Gasteiger partial charge in [-0.2, -0.15) is 0 Å². The van der Waals surface area contributed by atoms with Gasteiger partial charge in [0.05, 0.1) is 11.8 Å². The summed E-state index contributed by atoms with van der Waals surface area (Å²) in [4.78, 5) is 39.1. The van der Waals surface area contributed by atoms with Crippen LogP contribution < -0.4 is 15.4 Å². The van der Waals surface area contributed by atoms with Gasteiger partial charge in [0.1, 0.15) is 24.4 Å². The van der Waals surface area contributed by atoms with Crippen LogP contribution in [-0.2, 0) is 19.9 Å². The van der Waals surface area contributed by atoms with Crippen LogP contribution in [0.3, 0.4) is 0 Å². The highest BCUT2D eigenvalue weighted by Gasteiger charge is 2.49. The maximum absolute atomic E-state index is 13.0. The van der Waals surface area contributed by atoms with Gasteiger partial charge in [-0.05, 0) is 43.5 Å². The minimum Gasteiger partial charge on any atom is -0.489 e. The molecule has 0 aliphatic carbocycles. The zero-order chi connectivity index (χ0) is 22.7. The Hall–Kier alpha value is -3.10. The Labute approximate surface area is 190 Å². The number of imide groups is 1. The van der Waals surface area contributed by atoms with Crippen LogP contribution >= 0.6 is 11.6 Å². The maximum Gasteiger partial charge on any atom is 0.325 e. The second-order valence-electron chi connectivity index (χ2n) is 7.95. The molecular formula is C23H24ClN3O5. The summed E-state index contributed by atoms with van der Waals surface area (Å²) in [6, 6.07) is 13.2. The van der Waals surface area contributed by atoms with Gasteiger partial charge in [0.2, 0.25) is 5.91 Å². The molecule has 2 aromatic carbocycles. The average Bonchev–Trinajstić information content (AvgIpc) is 3.37. The minimum absolute atomic E-state index is 0.0100. The molecular weight excluding hydrogens is 434 g/mol. The SMILES string of the molecule is CC1(c2ccccc2)NC(=O)N(CC(=O)Nc2cc(Cl)ccc2OCC2CCCO2)C1=O. The molecule has 4 rings (SSSR count). The number of carbonyl (C=O) groups is 3. The molecule has 2 aromatic rings. The summed E-state index contributed by atoms with van der Waals surface area (Å²) in [6.45, 7) is 2.25. The van der Waals surface area contributed by atoms with Gasteiger partial charge in [-0.25, -0.2) is 4.79 Å². The number of rotatable bonds is 7. The number of ether oxygens (including phenoxy) is 2. The maximum atomic E-state index is 13.0. The third-order valence-corrected chi connectivity index (χ3v) is 5.83. The predicted octanol–water partition coefficient (Wildman–Crippen LogP) is 3.30. The third kappa shape index (κ3) is 4.56. The summed E-state index contributed by atoms with van der Waals surface area (Å²) in [5.74, 6) is -0.607. The third-order valence-electron chi connectivity index (χ3n) is 5.59. The molecule has 0 saturated carbocycles. The summed E-state index contributed by atoms with van der Waals surface area (Å²) < 4.78 is 11.4. The van der Waals surface area contributed by atoms with Gasteiger partial charge in [-0.1, -0.05) is 41.9 Å². The number of hydrogen-bond donors (Lipinski definition) is 2. The fourth-order valence-corrected chi connectivity index (χ4v) is 4.00. The van der Waals surface area contributed by atoms with Crippen molar-refractivity contribution >= 4 is 35.1 Å². The standard InChI is InChI=1S/C23H24ClN3O5/c1-23(15-6-3-2-4-7-15)21(29)27(22(30)26-23)13-20(28)25-18-12-16(24)9-10-19(18)32-14-17-8-5-11-31-17/h2-4,6-7,9-10,12,17H,5,8,11,13-14H2,1H3,(H,25,28)(H,26,30). The largest absolute Gasteiger partial charge is 0.489 e. The molecule has 9 heteroatoms. The highest BCUT2D eigenvalue weighted by atomic mass is 35.5. The number of hydrogen-bond acceptors (Lipinski definition) is 5. The van der Waals surface area contributed by atoms with E-state index < -0.39 is 29.9 Å². The Morgan fingerprint density at radius 2 is 2.06 bits per heavy atom. The summed E-state index contributed by atoms with van der Waals surface area (Å²) in [5, 5.41) is 5.80. The van der Waals surface area contributed by atoms with Crippen LogP contribution in [-0.4, -0.2) is 48.6 Å². The van der Waals surface area contributed by atoms with Crippen LogP contribution in [0.2, 0.25) is 5.02 Å². The highest BCUT2D eigenvalue weighted by molar-refractivity contribution is 6.31. The van der Waals surface area contributed by atoms with Crippen molar-refractivity contribution in [2.45, 2.75) is 31.4 Å². The lowest BCUT2D eigenvalue weighted by atomic mass is 9.92. The van der Waals surface area contributed by atoms with Crippen molar-refractivity contribution in [1.82, 2.24) is 10.2 Å². The molecule has 4 amide bonds. The van der Waals surface area contributed by atoms with E-state index >= 15 is 0 Å². The quantitative estimate of drug-likeness (QED) is 0.622. The van der Waals surface area contributed by atoms with Gasteiger partial charge in [-0.15, -0.1) is 0 Å². The lowest BCUT2D eigenvalue weighted by Crippen LogP contribution is -2.42. The van der Waals surface area contributed by atoms with Crippen LogP contribution in [0, 0.1) is 0 Å². The molecule has 2 aliphatic rings. The molecule has 32 heavy (non-hydrogen) atoms. The smallest absolute Gasteiger partial charge is 0.325 e. The normalized spacial score (nSPS) is 22.7. The number of halogens is 1. The first-order valence-electron chi connectivity index (χ1n) is 10.4. The fourth-order valence-electron chi connectivity index (χ4n) is 3.83. The van der Waals surface area contributed by atoms with E-state index in [0.29, 0.717) is 35.2 Å². The van der Waals surface area contributed by atoms with E-state index in [0.717, 1.165) is 17.7 Å². The van der Waals surface area contributed by atoms with Gasteiger partial charge in [0.25, 0.3) is 5.91 Å². The fraction of sp³-hybridized carbons (Fsp3) is 0.348. The van der Waals surface area contributed by atoms with Crippen LogP contribution in [0.25, 0.3) is 0 Å². The number of benzene rings is 2. The molecule has 0 spiro atoms. The lowest BCUT2D eigenvalue weighted by Gasteiger charge is -2.22. The Kier molecular flexibility index (Phi) is 6.34. The predicted molar refractivity (Wildman–Crippen MR) is 119 cm³/mol. The van der Waals surface area contributed by atoms with Crippen LogP contribution in [0.4, 0.5) is 10.5 Å². The molecule has 2 atom stereocenters. The molecule has 2 heterocycles. The van der Waals surface area contributed by atoms with Gasteiger partial charge < -0.3 is 20.1 Å². The average molecular weight is 458 g/mol. The van der Waals surface area contributed by atoms with Crippen molar-refractivity contribution in [3.05, 3.63) is 59.1 Å². The number of carbonyl (C=O) groups excluding carboxylic acids is 3. The van der Waals surface area contributed by atoms with E-state index in [1.54, 1.807) is 49.4 Å². The van der Waals surface area contributed by atoms with E-state index in [4.69, 9.17) is 21.1 Å². The summed E-state index contributed by atoms with van der Waals surface area (Å²) in [7, 11) is 0. The molecule has 0 aromatic heterocycles. The Balaban J connectivity index is 1.44. The number of amides is 4. The lowest BCUT2D eigenvalue weighted by molar-refractivity contribution is -0.133. The number of anilines is 1. The number of nitrogens with one attached hydrogen (secondary N) is 2. The van der Waals surface area contributed by atoms with Crippen LogP contribution in [0.1, 0.15) is 25.3 Å². The molecule has 2 saturated heterocycles. The first-order chi connectivity index (χ1) is 15.4. The summed E-state index contributed by atoms with van der Waals surface area (Å²) >= 11 is 6.09. The Bertz CT molecular complexity index is 1030. The first-order valence-corrected chi connectivity index (χ1v) is 10.8. The molecule has 2 aliphatic heterocycles. The van der Waals surface area contributed by atoms with E-state index in [-0.39, 0.29) is 6.10 Å². The van der Waals surface area contributed by atoms with Gasteiger partial charge in [0, 0.05) is 11.6 Å². The van der Waals surface area contributed by atoms with Crippen LogP contribution in [0.15, 0.2) is 48.5 Å². The molecule has 0 bridgehead atoms. The molecule has 8 nitrogen and oxygen atoms in total. The van der Waals surface area contributed by atoms with Gasteiger partial charge >= 0.3 is 6.03 Å². The monoisotopic (exact) mass is 457 g/mol. The van der Waals surface area contributed by atoms with E-state index in [1.165, 1.54) is 0 Å². The Morgan fingerprint density at radius 1 is 1.28 bits per heavy atom. The first kappa shape index (κ1) is 22.1. The summed E-state index contributed by atoms with van der Waals surface area (Å²) in [5.41, 5.74) is -0.233. The van der Waals surface area contributed by atoms with Crippen molar-refractivity contribution < 1.29 is 23.9 Å². The molecule has 2 fully saturated rings. The van der Waals surface area contributed by atoms with Crippen molar-refractivity contribution in [3.8, 4) is 5.75 Å². The van der Waals surface area contributed by atoms with Crippen molar-refractivity contribution in [1.29, 1.82) is 0 Å². The van der Waals surface area contributed by atoms with Gasteiger partial charge in [0.15, 0.2) is 0 Å². The second kappa shape index (κ2) is 9.18. The van der Waals surface area contributed by atoms with E-state index in [2.05, 4.69) is 10.6 Å². The zero-order valence-corrected chi connectivity index (χ0v) is 18.4. The molecule has 168 valence electrons. The number of urea groups is 1. The van der Waals surface area contributed by atoms with E-state index in [9.17, 15) is 14.4 Å². The minimum atomic E-state index is -1.23. The molecule has 0 radical (unpaired) electrons. The van der Waals surface area contributed by atoms with Crippen molar-refractivity contribution in [3.63, 3.8) is 0 Å². The second-order valence-corrected chi connectivity index (χ2v) is 8.38.